The molecule has 0 bridgehead atoms. The fourth-order valence-electron chi connectivity index (χ4n) is 2.67. The summed E-state index contributed by atoms with van der Waals surface area (Å²) in [6.07, 6.45) is 1.17. The van der Waals surface area contributed by atoms with Crippen molar-refractivity contribution in [2.75, 3.05) is 30.3 Å². The first kappa shape index (κ1) is 15.8. The lowest BCUT2D eigenvalue weighted by molar-refractivity contribution is 0.186. The molecule has 3 rings (SSSR count). The molecule has 1 unspecified atom stereocenters. The number of nitrogen functional groups attached to an aromatic ring is 1. The Morgan fingerprint density at radius 1 is 1.26 bits per heavy atom. The van der Waals surface area contributed by atoms with Gasteiger partial charge in [-0.3, -0.25) is 0 Å². The molecule has 1 aliphatic rings. The number of halogens is 1. The van der Waals surface area contributed by atoms with Crippen LogP contribution in [0.25, 0.3) is 0 Å². The molecule has 0 saturated carbocycles. The molecule has 1 atom stereocenters. The van der Waals surface area contributed by atoms with Crippen molar-refractivity contribution < 1.29 is 9.47 Å². The first-order valence-electron chi connectivity index (χ1n) is 7.85. The maximum atomic E-state index is 5.99. The van der Waals surface area contributed by atoms with Crippen molar-refractivity contribution in [3.05, 3.63) is 47.5 Å². The molecule has 1 aliphatic heterocycles. The van der Waals surface area contributed by atoms with Crippen LogP contribution in [-0.2, 0) is 0 Å². The Kier molecular flexibility index (Phi) is 4.82. The van der Waals surface area contributed by atoms with Crippen LogP contribution >= 0.6 is 11.6 Å². The highest BCUT2D eigenvalue weighted by Crippen LogP contribution is 2.35. The summed E-state index contributed by atoms with van der Waals surface area (Å²) in [4.78, 5) is 2.28. The van der Waals surface area contributed by atoms with Crippen LogP contribution in [0.1, 0.15) is 13.3 Å². The maximum Gasteiger partial charge on any atom is 0.143 e. The van der Waals surface area contributed by atoms with Gasteiger partial charge in [0.15, 0.2) is 0 Å². The minimum Gasteiger partial charge on any atom is -0.492 e. The van der Waals surface area contributed by atoms with Crippen LogP contribution in [0.2, 0.25) is 5.02 Å². The van der Waals surface area contributed by atoms with E-state index in [2.05, 4.69) is 11.8 Å². The number of rotatable bonds is 5. The Labute approximate surface area is 141 Å². The topological polar surface area (TPSA) is 47.7 Å². The molecule has 2 N–H and O–H groups in total. The number of nitrogens with two attached hydrogens (primary N) is 1. The maximum absolute atomic E-state index is 5.99. The van der Waals surface area contributed by atoms with Gasteiger partial charge >= 0.3 is 0 Å². The SMILES string of the molecule is CCC1CN(CCOc2ccc(Cl)cc2)c2cc(N)ccc2O1. The predicted octanol–water partition coefficient (Wildman–Crippen LogP) is 3.98. The Morgan fingerprint density at radius 3 is 2.78 bits per heavy atom. The van der Waals surface area contributed by atoms with Crippen molar-refractivity contribution in [2.24, 2.45) is 0 Å². The summed E-state index contributed by atoms with van der Waals surface area (Å²) in [6, 6.07) is 13.2. The number of hydrogen-bond acceptors (Lipinski definition) is 4. The first-order chi connectivity index (χ1) is 11.2. The van der Waals surface area contributed by atoms with Gasteiger partial charge in [0, 0.05) is 10.7 Å². The summed E-state index contributed by atoms with van der Waals surface area (Å²) in [6.45, 7) is 4.34. The van der Waals surface area contributed by atoms with Crippen LogP contribution in [0.15, 0.2) is 42.5 Å². The largest absolute Gasteiger partial charge is 0.492 e. The zero-order valence-corrected chi connectivity index (χ0v) is 13.9. The van der Waals surface area contributed by atoms with Gasteiger partial charge in [-0.05, 0) is 48.9 Å². The number of nitrogens with zero attached hydrogens (tertiary/aromatic N) is 1. The highest BCUT2D eigenvalue weighted by atomic mass is 35.5. The predicted molar refractivity (Wildman–Crippen MR) is 94.7 cm³/mol. The molecule has 4 nitrogen and oxygen atoms in total. The summed E-state index contributed by atoms with van der Waals surface area (Å²) >= 11 is 5.88. The summed E-state index contributed by atoms with van der Waals surface area (Å²) < 4.78 is 11.8. The first-order valence-corrected chi connectivity index (χ1v) is 8.23. The second-order valence-corrected chi connectivity index (χ2v) is 6.06. The van der Waals surface area contributed by atoms with Crippen LogP contribution in [0.3, 0.4) is 0 Å². The molecule has 0 radical (unpaired) electrons. The van der Waals surface area contributed by atoms with E-state index >= 15 is 0 Å². The molecule has 2 aromatic carbocycles. The van der Waals surface area contributed by atoms with Crippen LogP contribution in [0.4, 0.5) is 11.4 Å². The Morgan fingerprint density at radius 2 is 2.04 bits per heavy atom. The van der Waals surface area contributed by atoms with Gasteiger partial charge in [-0.1, -0.05) is 18.5 Å². The van der Waals surface area contributed by atoms with Gasteiger partial charge in [0.25, 0.3) is 0 Å². The van der Waals surface area contributed by atoms with E-state index in [4.69, 9.17) is 26.8 Å². The van der Waals surface area contributed by atoms with Crippen molar-refractivity contribution in [3.63, 3.8) is 0 Å². The van der Waals surface area contributed by atoms with Gasteiger partial charge in [0.1, 0.15) is 24.2 Å². The second-order valence-electron chi connectivity index (χ2n) is 5.62. The van der Waals surface area contributed by atoms with E-state index in [1.807, 2.05) is 42.5 Å². The van der Waals surface area contributed by atoms with Gasteiger partial charge in [-0.15, -0.1) is 0 Å². The number of ether oxygens (including phenoxy) is 2. The second kappa shape index (κ2) is 7.01. The average Bonchev–Trinajstić information content (AvgIpc) is 2.56. The van der Waals surface area contributed by atoms with Crippen LogP contribution < -0.4 is 20.1 Å². The molecule has 0 amide bonds. The molecule has 0 aliphatic carbocycles. The summed E-state index contributed by atoms with van der Waals surface area (Å²) in [5.41, 5.74) is 7.70. The summed E-state index contributed by atoms with van der Waals surface area (Å²) in [5, 5.41) is 0.709. The van der Waals surface area contributed by atoms with Gasteiger partial charge < -0.3 is 20.1 Å². The molecule has 122 valence electrons. The van der Waals surface area contributed by atoms with Crippen molar-refractivity contribution >= 4 is 23.0 Å². The normalized spacial score (nSPS) is 16.6. The van der Waals surface area contributed by atoms with E-state index in [0.717, 1.165) is 42.4 Å². The van der Waals surface area contributed by atoms with Gasteiger partial charge in [-0.2, -0.15) is 0 Å². The zero-order valence-electron chi connectivity index (χ0n) is 13.2. The van der Waals surface area contributed by atoms with E-state index in [9.17, 15) is 0 Å². The van der Waals surface area contributed by atoms with Gasteiger partial charge in [-0.25, -0.2) is 0 Å². The molecular weight excluding hydrogens is 312 g/mol. The van der Waals surface area contributed by atoms with E-state index < -0.39 is 0 Å². The van der Waals surface area contributed by atoms with Crippen molar-refractivity contribution in [1.29, 1.82) is 0 Å². The minimum atomic E-state index is 0.196. The molecule has 23 heavy (non-hydrogen) atoms. The Hall–Kier alpha value is -2.07. The average molecular weight is 333 g/mol. The lowest BCUT2D eigenvalue weighted by Gasteiger charge is -2.36. The fourth-order valence-corrected chi connectivity index (χ4v) is 2.80. The van der Waals surface area contributed by atoms with Crippen molar-refractivity contribution in [2.45, 2.75) is 19.4 Å². The number of benzene rings is 2. The van der Waals surface area contributed by atoms with E-state index in [1.54, 1.807) is 0 Å². The van der Waals surface area contributed by atoms with Crippen LogP contribution in [-0.4, -0.2) is 25.8 Å². The molecular formula is C18H21ClN2O2. The zero-order chi connectivity index (χ0) is 16.2. The van der Waals surface area contributed by atoms with Crippen LogP contribution in [0, 0.1) is 0 Å². The Bertz CT molecular complexity index is 661. The van der Waals surface area contributed by atoms with Crippen molar-refractivity contribution in [1.82, 2.24) is 0 Å². The quantitative estimate of drug-likeness (QED) is 0.841. The number of anilines is 2. The molecule has 0 spiro atoms. The standard InChI is InChI=1S/C18H21ClN2O2/c1-2-15-12-21(17-11-14(20)5-8-18(17)23-15)9-10-22-16-6-3-13(19)4-7-16/h3-8,11,15H,2,9-10,12,20H2,1H3. The van der Waals surface area contributed by atoms with E-state index in [-0.39, 0.29) is 6.10 Å². The fraction of sp³-hybridized carbons (Fsp3) is 0.333. The van der Waals surface area contributed by atoms with Gasteiger partial charge in [0.2, 0.25) is 0 Å². The smallest absolute Gasteiger partial charge is 0.143 e. The lowest BCUT2D eigenvalue weighted by Crippen LogP contribution is -2.41. The number of hydrogen-bond donors (Lipinski definition) is 1. The van der Waals surface area contributed by atoms with E-state index in [0.29, 0.717) is 11.6 Å². The number of fused-ring (bicyclic) bond motifs is 1. The monoisotopic (exact) mass is 332 g/mol. The third-order valence-corrected chi connectivity index (χ3v) is 4.19. The van der Waals surface area contributed by atoms with E-state index in [1.165, 1.54) is 0 Å². The molecule has 5 heteroatoms. The van der Waals surface area contributed by atoms with Crippen LogP contribution in [0.5, 0.6) is 11.5 Å². The minimum absolute atomic E-state index is 0.196. The molecule has 1 heterocycles. The summed E-state index contributed by atoms with van der Waals surface area (Å²) in [7, 11) is 0. The highest BCUT2D eigenvalue weighted by molar-refractivity contribution is 6.30. The third-order valence-electron chi connectivity index (χ3n) is 3.94. The van der Waals surface area contributed by atoms with Crippen molar-refractivity contribution in [3.8, 4) is 11.5 Å². The Balaban J connectivity index is 1.67. The summed E-state index contributed by atoms with van der Waals surface area (Å²) in [5.74, 6) is 1.71. The van der Waals surface area contributed by atoms with Gasteiger partial charge in [0.05, 0.1) is 18.8 Å². The third kappa shape index (κ3) is 3.82. The molecule has 0 saturated heterocycles. The lowest BCUT2D eigenvalue weighted by atomic mass is 10.1. The molecule has 0 aromatic heterocycles. The molecule has 2 aromatic rings. The highest BCUT2D eigenvalue weighted by Gasteiger charge is 2.24. The molecule has 0 fully saturated rings.